The van der Waals surface area contributed by atoms with E-state index in [2.05, 4.69) is 45.3 Å². The molecule has 0 amide bonds. The minimum Gasteiger partial charge on any atom is -0.395 e. The van der Waals surface area contributed by atoms with E-state index in [-0.39, 0.29) is 6.61 Å². The largest absolute Gasteiger partial charge is 0.395 e. The number of fused-ring (bicyclic) bond motifs is 1. The molecule has 0 unspecified atom stereocenters. The summed E-state index contributed by atoms with van der Waals surface area (Å²) in [5.74, 6) is 0.811. The molecule has 0 radical (unpaired) electrons. The van der Waals surface area contributed by atoms with Gasteiger partial charge in [0.15, 0.2) is 5.82 Å². The zero-order valence-electron chi connectivity index (χ0n) is 15.2. The van der Waals surface area contributed by atoms with Crippen LogP contribution in [0.25, 0.3) is 21.2 Å². The standard InChI is InChI=1S/C22H20ClN3OS/c23-19-13-15(14-24-11-12-27)9-10-20(19)25-22-18-8-4-7-17(21(18)28-26-22)16-5-2-1-3-6-16/h1-10,13,24,27H,11-12,14H2,(H,25,26). The second-order valence-electron chi connectivity index (χ2n) is 6.42. The van der Waals surface area contributed by atoms with E-state index >= 15 is 0 Å². The monoisotopic (exact) mass is 409 g/mol. The van der Waals surface area contributed by atoms with Crippen LogP contribution in [0.5, 0.6) is 0 Å². The molecule has 0 aliphatic heterocycles. The second kappa shape index (κ2) is 8.71. The summed E-state index contributed by atoms with van der Waals surface area (Å²) in [7, 11) is 0. The lowest BCUT2D eigenvalue weighted by Crippen LogP contribution is -2.17. The highest BCUT2D eigenvalue weighted by atomic mass is 35.5. The third-order valence-electron chi connectivity index (χ3n) is 4.49. The van der Waals surface area contributed by atoms with Crippen LogP contribution in [0.15, 0.2) is 66.7 Å². The van der Waals surface area contributed by atoms with Crippen molar-refractivity contribution in [3.8, 4) is 11.1 Å². The number of aliphatic hydroxyl groups excluding tert-OH is 1. The summed E-state index contributed by atoms with van der Waals surface area (Å²) in [6.07, 6.45) is 0. The van der Waals surface area contributed by atoms with Crippen molar-refractivity contribution in [1.82, 2.24) is 9.69 Å². The molecule has 3 N–H and O–H groups in total. The van der Waals surface area contributed by atoms with E-state index in [1.165, 1.54) is 22.7 Å². The molecule has 0 fully saturated rings. The van der Waals surface area contributed by atoms with Crippen LogP contribution in [0.4, 0.5) is 11.5 Å². The SMILES string of the molecule is OCCNCc1ccc(Nc2nsc3c(-c4ccccc4)cccc23)c(Cl)c1. The molecule has 3 aromatic carbocycles. The van der Waals surface area contributed by atoms with Gasteiger partial charge < -0.3 is 15.7 Å². The molecule has 0 saturated heterocycles. The number of aliphatic hydroxyl groups is 1. The molecule has 0 atom stereocenters. The number of nitrogens with zero attached hydrogens (tertiary/aromatic N) is 1. The average molecular weight is 410 g/mol. The van der Waals surface area contributed by atoms with Gasteiger partial charge in [-0.05, 0) is 40.9 Å². The molecule has 4 rings (SSSR count). The van der Waals surface area contributed by atoms with E-state index in [0.717, 1.165) is 27.2 Å². The van der Waals surface area contributed by atoms with Gasteiger partial charge in [0.2, 0.25) is 0 Å². The van der Waals surface area contributed by atoms with Crippen LogP contribution in [-0.2, 0) is 6.54 Å². The molecule has 4 nitrogen and oxygen atoms in total. The predicted octanol–water partition coefficient (Wildman–Crippen LogP) is 5.44. The van der Waals surface area contributed by atoms with E-state index in [0.29, 0.717) is 18.1 Å². The van der Waals surface area contributed by atoms with Crippen molar-refractivity contribution in [3.63, 3.8) is 0 Å². The number of anilines is 2. The molecule has 6 heteroatoms. The number of hydrogen-bond acceptors (Lipinski definition) is 5. The minimum atomic E-state index is 0.120. The Morgan fingerprint density at radius 2 is 1.86 bits per heavy atom. The Balaban J connectivity index is 1.61. The van der Waals surface area contributed by atoms with Crippen molar-refractivity contribution in [1.29, 1.82) is 0 Å². The van der Waals surface area contributed by atoms with Gasteiger partial charge in [0.05, 0.1) is 22.0 Å². The lowest BCUT2D eigenvalue weighted by atomic mass is 10.0. The molecule has 28 heavy (non-hydrogen) atoms. The average Bonchev–Trinajstić information content (AvgIpc) is 3.14. The summed E-state index contributed by atoms with van der Waals surface area (Å²) in [6, 6.07) is 22.5. The highest BCUT2D eigenvalue weighted by molar-refractivity contribution is 7.14. The van der Waals surface area contributed by atoms with Crippen LogP contribution in [0.3, 0.4) is 0 Å². The fourth-order valence-corrected chi connectivity index (χ4v) is 4.23. The van der Waals surface area contributed by atoms with Gasteiger partial charge >= 0.3 is 0 Å². The first-order valence-corrected chi connectivity index (χ1v) is 10.2. The summed E-state index contributed by atoms with van der Waals surface area (Å²) >= 11 is 7.96. The predicted molar refractivity (Wildman–Crippen MR) is 119 cm³/mol. The Morgan fingerprint density at radius 3 is 2.64 bits per heavy atom. The fraction of sp³-hybridized carbons (Fsp3) is 0.136. The minimum absolute atomic E-state index is 0.120. The summed E-state index contributed by atoms with van der Waals surface area (Å²) in [5, 5.41) is 17.1. The Labute approximate surface area is 173 Å². The quantitative estimate of drug-likeness (QED) is 0.355. The second-order valence-corrected chi connectivity index (χ2v) is 7.60. The molecule has 0 saturated carbocycles. The van der Waals surface area contributed by atoms with Gasteiger partial charge in [-0.15, -0.1) is 0 Å². The van der Waals surface area contributed by atoms with Gasteiger partial charge in [0, 0.05) is 24.0 Å². The van der Waals surface area contributed by atoms with Crippen LogP contribution in [0, 0.1) is 0 Å². The van der Waals surface area contributed by atoms with Crippen molar-refractivity contribution in [2.24, 2.45) is 0 Å². The third-order valence-corrected chi connectivity index (χ3v) is 5.70. The van der Waals surface area contributed by atoms with Crippen LogP contribution >= 0.6 is 23.1 Å². The van der Waals surface area contributed by atoms with Gasteiger partial charge in [-0.3, -0.25) is 0 Å². The van der Waals surface area contributed by atoms with E-state index in [1.54, 1.807) is 0 Å². The number of rotatable bonds is 7. The molecular formula is C22H20ClN3OS. The van der Waals surface area contributed by atoms with Crippen molar-refractivity contribution < 1.29 is 5.11 Å². The smallest absolute Gasteiger partial charge is 0.152 e. The zero-order valence-corrected chi connectivity index (χ0v) is 16.7. The van der Waals surface area contributed by atoms with Crippen LogP contribution in [0.2, 0.25) is 5.02 Å². The summed E-state index contributed by atoms with van der Waals surface area (Å²) in [6.45, 7) is 1.35. The van der Waals surface area contributed by atoms with Crippen LogP contribution in [0.1, 0.15) is 5.56 Å². The maximum absolute atomic E-state index is 8.86. The third kappa shape index (κ3) is 4.03. The Morgan fingerprint density at radius 1 is 1.00 bits per heavy atom. The zero-order chi connectivity index (χ0) is 19.3. The Kier molecular flexibility index (Phi) is 5.88. The maximum Gasteiger partial charge on any atom is 0.152 e. The highest BCUT2D eigenvalue weighted by Crippen LogP contribution is 2.37. The molecule has 1 heterocycles. The normalized spacial score (nSPS) is 11.1. The van der Waals surface area contributed by atoms with Gasteiger partial charge in [-0.25, -0.2) is 0 Å². The lowest BCUT2D eigenvalue weighted by molar-refractivity contribution is 0.292. The first kappa shape index (κ1) is 18.9. The Bertz CT molecular complexity index is 1080. The summed E-state index contributed by atoms with van der Waals surface area (Å²) in [4.78, 5) is 0. The van der Waals surface area contributed by atoms with E-state index in [9.17, 15) is 0 Å². The number of aromatic nitrogens is 1. The molecule has 0 bridgehead atoms. The van der Waals surface area contributed by atoms with Crippen molar-refractivity contribution in [3.05, 3.63) is 77.3 Å². The van der Waals surface area contributed by atoms with Crippen LogP contribution < -0.4 is 10.6 Å². The van der Waals surface area contributed by atoms with E-state index < -0.39 is 0 Å². The maximum atomic E-state index is 8.86. The Hall–Kier alpha value is -2.44. The summed E-state index contributed by atoms with van der Waals surface area (Å²) in [5.41, 5.74) is 4.25. The molecule has 142 valence electrons. The fourth-order valence-electron chi connectivity index (χ4n) is 3.11. The van der Waals surface area contributed by atoms with Crippen molar-refractivity contribution >= 4 is 44.7 Å². The number of hydrogen-bond donors (Lipinski definition) is 3. The van der Waals surface area contributed by atoms with Gasteiger partial charge in [0.1, 0.15) is 0 Å². The lowest BCUT2D eigenvalue weighted by Gasteiger charge is -2.09. The molecule has 1 aromatic heterocycles. The van der Waals surface area contributed by atoms with Crippen molar-refractivity contribution in [2.75, 3.05) is 18.5 Å². The topological polar surface area (TPSA) is 57.2 Å². The van der Waals surface area contributed by atoms with Gasteiger partial charge in [-0.2, -0.15) is 4.37 Å². The van der Waals surface area contributed by atoms with Crippen LogP contribution in [-0.4, -0.2) is 22.6 Å². The molecular weight excluding hydrogens is 390 g/mol. The number of halogens is 1. The van der Waals surface area contributed by atoms with E-state index in [1.807, 2.05) is 36.4 Å². The number of benzene rings is 3. The van der Waals surface area contributed by atoms with E-state index in [4.69, 9.17) is 16.7 Å². The van der Waals surface area contributed by atoms with Gasteiger partial charge in [-0.1, -0.05) is 60.1 Å². The van der Waals surface area contributed by atoms with Crippen molar-refractivity contribution in [2.45, 2.75) is 6.54 Å². The summed E-state index contributed by atoms with van der Waals surface area (Å²) < 4.78 is 5.78. The molecule has 0 spiro atoms. The first-order chi connectivity index (χ1) is 13.8. The van der Waals surface area contributed by atoms with Gasteiger partial charge in [0.25, 0.3) is 0 Å². The highest BCUT2D eigenvalue weighted by Gasteiger charge is 2.12. The molecule has 4 aromatic rings. The number of nitrogens with one attached hydrogen (secondary N) is 2. The molecule has 0 aliphatic rings. The first-order valence-electron chi connectivity index (χ1n) is 9.07. The molecule has 0 aliphatic carbocycles.